The molecule has 0 aliphatic heterocycles. The molecular formula is C9H17F3O4S. The molecule has 0 aromatic heterocycles. The molecule has 0 aliphatic carbocycles. The van der Waals surface area contributed by atoms with Crippen LogP contribution in [0.5, 0.6) is 0 Å². The SMILES string of the molecule is CC(C)CCOCCCOS(=O)(=O)C(F)(F)F. The molecule has 0 amide bonds. The molecule has 4 nitrogen and oxygen atoms in total. The normalized spacial score (nSPS) is 13.3. The molecule has 0 radical (unpaired) electrons. The van der Waals surface area contributed by atoms with Crippen molar-refractivity contribution in [2.75, 3.05) is 19.8 Å². The highest BCUT2D eigenvalue weighted by atomic mass is 32.2. The largest absolute Gasteiger partial charge is 0.523 e. The van der Waals surface area contributed by atoms with Crippen molar-refractivity contribution in [1.82, 2.24) is 0 Å². The fraction of sp³-hybridized carbons (Fsp3) is 1.00. The van der Waals surface area contributed by atoms with Crippen LogP contribution in [0.2, 0.25) is 0 Å². The third kappa shape index (κ3) is 7.56. The fourth-order valence-electron chi connectivity index (χ4n) is 0.818. The van der Waals surface area contributed by atoms with E-state index in [1.807, 2.05) is 13.8 Å². The van der Waals surface area contributed by atoms with Crippen molar-refractivity contribution in [3.8, 4) is 0 Å². The Morgan fingerprint density at radius 1 is 1.12 bits per heavy atom. The van der Waals surface area contributed by atoms with Crippen LogP contribution in [0, 0.1) is 5.92 Å². The Labute approximate surface area is 99.2 Å². The lowest BCUT2D eigenvalue weighted by Gasteiger charge is -2.09. The summed E-state index contributed by atoms with van der Waals surface area (Å²) in [7, 11) is -5.46. The summed E-state index contributed by atoms with van der Waals surface area (Å²) in [6, 6.07) is 0. The topological polar surface area (TPSA) is 52.6 Å². The Morgan fingerprint density at radius 2 is 1.71 bits per heavy atom. The Kier molecular flexibility index (Phi) is 7.03. The van der Waals surface area contributed by atoms with Gasteiger partial charge in [-0.25, -0.2) is 0 Å². The monoisotopic (exact) mass is 278 g/mol. The van der Waals surface area contributed by atoms with Crippen LogP contribution in [0.25, 0.3) is 0 Å². The van der Waals surface area contributed by atoms with Gasteiger partial charge in [0.15, 0.2) is 0 Å². The summed E-state index contributed by atoms with van der Waals surface area (Å²) >= 11 is 0. The summed E-state index contributed by atoms with van der Waals surface area (Å²) in [4.78, 5) is 0. The smallest absolute Gasteiger partial charge is 0.381 e. The van der Waals surface area contributed by atoms with Crippen LogP contribution < -0.4 is 0 Å². The summed E-state index contributed by atoms with van der Waals surface area (Å²) in [5, 5.41) is 0. The lowest BCUT2D eigenvalue weighted by atomic mass is 10.1. The minimum Gasteiger partial charge on any atom is -0.381 e. The third-order valence-electron chi connectivity index (χ3n) is 1.79. The van der Waals surface area contributed by atoms with Gasteiger partial charge in [0.25, 0.3) is 0 Å². The number of hydrogen-bond acceptors (Lipinski definition) is 4. The number of ether oxygens (including phenoxy) is 1. The molecule has 0 fully saturated rings. The van der Waals surface area contributed by atoms with Gasteiger partial charge in [-0.1, -0.05) is 13.8 Å². The van der Waals surface area contributed by atoms with Crippen molar-refractivity contribution >= 4 is 10.1 Å². The van der Waals surface area contributed by atoms with Crippen molar-refractivity contribution in [3.05, 3.63) is 0 Å². The van der Waals surface area contributed by atoms with E-state index in [1.54, 1.807) is 0 Å². The summed E-state index contributed by atoms with van der Waals surface area (Å²) in [5.41, 5.74) is -5.36. The first kappa shape index (κ1) is 16.7. The summed E-state index contributed by atoms with van der Waals surface area (Å²) in [5.74, 6) is 0.483. The third-order valence-corrected chi connectivity index (χ3v) is 2.84. The van der Waals surface area contributed by atoms with Gasteiger partial charge in [-0.3, -0.25) is 4.18 Å². The van der Waals surface area contributed by atoms with Gasteiger partial charge in [0.05, 0.1) is 6.61 Å². The average Bonchev–Trinajstić information content (AvgIpc) is 2.13. The Hall–Kier alpha value is -0.340. The number of hydrogen-bond donors (Lipinski definition) is 0. The molecule has 0 saturated carbocycles. The van der Waals surface area contributed by atoms with E-state index < -0.39 is 22.2 Å². The first-order chi connectivity index (χ1) is 7.67. The van der Waals surface area contributed by atoms with E-state index in [2.05, 4.69) is 4.18 Å². The number of rotatable bonds is 8. The van der Waals surface area contributed by atoms with E-state index in [4.69, 9.17) is 4.74 Å². The summed E-state index contributed by atoms with van der Waals surface area (Å²) < 4.78 is 65.2. The first-order valence-corrected chi connectivity index (χ1v) is 6.61. The lowest BCUT2D eigenvalue weighted by molar-refractivity contribution is -0.0546. The second kappa shape index (κ2) is 7.17. The molecule has 0 aromatic rings. The van der Waals surface area contributed by atoms with Crippen LogP contribution in [0.1, 0.15) is 26.7 Å². The van der Waals surface area contributed by atoms with E-state index in [-0.39, 0.29) is 13.0 Å². The van der Waals surface area contributed by atoms with Crippen molar-refractivity contribution in [2.24, 2.45) is 5.92 Å². The Bertz CT molecular complexity index is 298. The van der Waals surface area contributed by atoms with Crippen molar-refractivity contribution < 1.29 is 30.5 Å². The highest BCUT2D eigenvalue weighted by Crippen LogP contribution is 2.24. The number of alkyl halides is 3. The highest BCUT2D eigenvalue weighted by molar-refractivity contribution is 7.87. The van der Waals surface area contributed by atoms with Crippen LogP contribution in [0.4, 0.5) is 13.2 Å². The van der Waals surface area contributed by atoms with Gasteiger partial charge in [-0.2, -0.15) is 21.6 Å². The average molecular weight is 278 g/mol. The van der Waals surface area contributed by atoms with E-state index in [0.29, 0.717) is 12.5 Å². The van der Waals surface area contributed by atoms with Crippen LogP contribution in [-0.2, 0) is 19.0 Å². The molecule has 0 aromatic carbocycles. The molecular weight excluding hydrogens is 261 g/mol. The van der Waals surface area contributed by atoms with Crippen molar-refractivity contribution in [2.45, 2.75) is 32.2 Å². The number of halogens is 3. The van der Waals surface area contributed by atoms with Gasteiger partial charge < -0.3 is 4.74 Å². The van der Waals surface area contributed by atoms with Crippen LogP contribution >= 0.6 is 0 Å². The zero-order valence-corrected chi connectivity index (χ0v) is 10.6. The molecule has 0 atom stereocenters. The van der Waals surface area contributed by atoms with Crippen LogP contribution in [-0.4, -0.2) is 33.7 Å². The van der Waals surface area contributed by atoms with Gasteiger partial charge in [-0.15, -0.1) is 0 Å². The molecule has 8 heteroatoms. The maximum absolute atomic E-state index is 11.8. The molecule has 0 spiro atoms. The van der Waals surface area contributed by atoms with E-state index >= 15 is 0 Å². The van der Waals surface area contributed by atoms with Crippen LogP contribution in [0.3, 0.4) is 0 Å². The second-order valence-corrected chi connectivity index (χ2v) is 5.48. The first-order valence-electron chi connectivity index (χ1n) is 5.20. The van der Waals surface area contributed by atoms with E-state index in [1.165, 1.54) is 0 Å². The molecule has 0 bridgehead atoms. The molecule has 0 saturated heterocycles. The highest BCUT2D eigenvalue weighted by Gasteiger charge is 2.47. The van der Waals surface area contributed by atoms with E-state index in [0.717, 1.165) is 6.42 Å². The van der Waals surface area contributed by atoms with Gasteiger partial charge in [0, 0.05) is 13.2 Å². The Balaban J connectivity index is 3.60. The maximum atomic E-state index is 11.8. The quantitative estimate of drug-likeness (QED) is 0.388. The predicted molar refractivity (Wildman–Crippen MR) is 55.8 cm³/mol. The van der Waals surface area contributed by atoms with Crippen molar-refractivity contribution in [3.63, 3.8) is 0 Å². The van der Waals surface area contributed by atoms with Gasteiger partial charge in [0.1, 0.15) is 0 Å². The summed E-state index contributed by atoms with van der Waals surface area (Å²) in [6.45, 7) is 4.19. The molecule has 0 heterocycles. The molecule has 17 heavy (non-hydrogen) atoms. The standard InChI is InChI=1S/C9H17F3O4S/c1-8(2)4-7-15-5-3-6-16-17(13,14)9(10,11)12/h8H,3-7H2,1-2H3. The fourth-order valence-corrected chi connectivity index (χ4v) is 1.29. The molecule has 0 aliphatic rings. The van der Waals surface area contributed by atoms with E-state index in [9.17, 15) is 21.6 Å². The predicted octanol–water partition coefficient (Wildman–Crippen LogP) is 2.31. The Morgan fingerprint density at radius 3 is 2.18 bits per heavy atom. The zero-order chi connectivity index (χ0) is 13.5. The van der Waals surface area contributed by atoms with Crippen molar-refractivity contribution in [1.29, 1.82) is 0 Å². The molecule has 0 rings (SSSR count). The lowest BCUT2D eigenvalue weighted by Crippen LogP contribution is -2.26. The van der Waals surface area contributed by atoms with Crippen LogP contribution in [0.15, 0.2) is 0 Å². The maximum Gasteiger partial charge on any atom is 0.523 e. The molecule has 0 unspecified atom stereocenters. The zero-order valence-electron chi connectivity index (χ0n) is 9.79. The van der Waals surface area contributed by atoms with Gasteiger partial charge in [-0.05, 0) is 18.8 Å². The summed E-state index contributed by atoms with van der Waals surface area (Å²) in [6.07, 6.45) is 0.953. The second-order valence-electron chi connectivity index (χ2n) is 3.87. The molecule has 0 N–H and O–H groups in total. The van der Waals surface area contributed by atoms with Gasteiger partial charge >= 0.3 is 15.6 Å². The molecule has 104 valence electrons. The van der Waals surface area contributed by atoms with Gasteiger partial charge in [0.2, 0.25) is 0 Å². The minimum absolute atomic E-state index is 0.105. The minimum atomic E-state index is -5.46.